The van der Waals surface area contributed by atoms with Crippen molar-refractivity contribution in [2.24, 2.45) is 0 Å². The highest BCUT2D eigenvalue weighted by Gasteiger charge is 2.65. The summed E-state index contributed by atoms with van der Waals surface area (Å²) in [6.07, 6.45) is -3.24. The van der Waals surface area contributed by atoms with Gasteiger partial charge in [-0.05, 0) is 24.0 Å². The fourth-order valence-electron chi connectivity index (χ4n) is 1.67. The van der Waals surface area contributed by atoms with Gasteiger partial charge >= 0.3 is 11.4 Å². The van der Waals surface area contributed by atoms with Gasteiger partial charge < -0.3 is 4.74 Å². The molecule has 0 N–H and O–H groups in total. The molecule has 1 aromatic carbocycles. The third-order valence-electron chi connectivity index (χ3n) is 2.84. The first kappa shape index (κ1) is 13.6. The molecule has 1 atom stereocenters. The van der Waals surface area contributed by atoms with Gasteiger partial charge in [0.2, 0.25) is 0 Å². The van der Waals surface area contributed by atoms with Crippen molar-refractivity contribution in [2.75, 3.05) is 12.9 Å². The molecule has 1 unspecified atom stereocenters. The molecule has 0 radical (unpaired) electrons. The molecule has 0 saturated carbocycles. The van der Waals surface area contributed by atoms with Crippen molar-refractivity contribution in [3.05, 3.63) is 35.4 Å². The van der Waals surface area contributed by atoms with Crippen LogP contribution in [0.1, 0.15) is 11.1 Å². The summed E-state index contributed by atoms with van der Waals surface area (Å²) in [5.74, 6) is 0. The zero-order valence-corrected chi connectivity index (χ0v) is 10.0. The standard InChI is InChI=1S/C11H9F5OS/c1-18-11(15,16)9(6-17-9)7-2-4-8(5-3-7)10(12,13)14/h2-5H,6H2,1H3. The Hall–Kier alpha value is -0.820. The normalized spacial score (nSPS) is 24.1. The summed E-state index contributed by atoms with van der Waals surface area (Å²) in [6.45, 7) is -0.188. The summed E-state index contributed by atoms with van der Waals surface area (Å²) in [4.78, 5) is 0. The van der Waals surface area contributed by atoms with Gasteiger partial charge in [-0.25, -0.2) is 0 Å². The third kappa shape index (κ3) is 2.09. The van der Waals surface area contributed by atoms with Crippen molar-refractivity contribution in [3.63, 3.8) is 0 Å². The molecule has 0 amide bonds. The van der Waals surface area contributed by atoms with E-state index in [1.54, 1.807) is 0 Å². The molecule has 0 aliphatic carbocycles. The zero-order chi connectivity index (χ0) is 13.6. The van der Waals surface area contributed by atoms with Gasteiger partial charge in [0.1, 0.15) is 0 Å². The maximum absolute atomic E-state index is 13.6. The summed E-state index contributed by atoms with van der Waals surface area (Å²) in [7, 11) is 0. The molecule has 1 fully saturated rings. The summed E-state index contributed by atoms with van der Waals surface area (Å²) < 4.78 is 69.1. The number of hydrogen-bond acceptors (Lipinski definition) is 2. The van der Waals surface area contributed by atoms with E-state index in [4.69, 9.17) is 4.74 Å². The number of epoxide rings is 1. The quantitative estimate of drug-likeness (QED) is 0.617. The third-order valence-corrected chi connectivity index (χ3v) is 3.68. The fraction of sp³-hybridized carbons (Fsp3) is 0.455. The number of thioether (sulfide) groups is 1. The molecule has 0 bridgehead atoms. The Morgan fingerprint density at radius 3 is 1.94 bits per heavy atom. The highest BCUT2D eigenvalue weighted by molar-refractivity contribution is 7.99. The molecule has 0 aromatic heterocycles. The molecule has 0 spiro atoms. The second-order valence-corrected chi connectivity index (χ2v) is 4.83. The van der Waals surface area contributed by atoms with Crippen molar-refractivity contribution in [1.29, 1.82) is 0 Å². The predicted octanol–water partition coefficient (Wildman–Crippen LogP) is 3.89. The van der Waals surface area contributed by atoms with Crippen molar-refractivity contribution in [1.82, 2.24) is 0 Å². The lowest BCUT2D eigenvalue weighted by molar-refractivity contribution is -0.137. The van der Waals surface area contributed by atoms with E-state index < -0.39 is 22.6 Å². The Kier molecular flexibility index (Phi) is 3.09. The first-order chi connectivity index (χ1) is 8.23. The van der Waals surface area contributed by atoms with Gasteiger partial charge in [-0.15, -0.1) is 0 Å². The van der Waals surface area contributed by atoms with Crippen molar-refractivity contribution >= 4 is 11.8 Å². The average Bonchev–Trinajstić information content (AvgIpc) is 3.09. The summed E-state index contributed by atoms with van der Waals surface area (Å²) in [5, 5.41) is -3.16. The van der Waals surface area contributed by atoms with Gasteiger partial charge in [-0.3, -0.25) is 0 Å². The van der Waals surface area contributed by atoms with E-state index >= 15 is 0 Å². The molecule has 100 valence electrons. The molecule has 1 aliphatic heterocycles. The largest absolute Gasteiger partial charge is 0.416 e. The minimum Gasteiger partial charge on any atom is -0.357 e. The van der Waals surface area contributed by atoms with Crippen LogP contribution in [0, 0.1) is 0 Å². The maximum atomic E-state index is 13.6. The Morgan fingerprint density at radius 1 is 1.11 bits per heavy atom. The van der Waals surface area contributed by atoms with Crippen LogP contribution in [0.25, 0.3) is 0 Å². The van der Waals surface area contributed by atoms with E-state index in [0.717, 1.165) is 24.3 Å². The van der Waals surface area contributed by atoms with Crippen molar-refractivity contribution < 1.29 is 26.7 Å². The molecule has 1 aromatic rings. The minimum absolute atomic E-state index is 0.0647. The smallest absolute Gasteiger partial charge is 0.357 e. The van der Waals surface area contributed by atoms with Crippen LogP contribution in [-0.4, -0.2) is 18.1 Å². The maximum Gasteiger partial charge on any atom is 0.416 e. The van der Waals surface area contributed by atoms with Gasteiger partial charge in [0.25, 0.3) is 0 Å². The number of alkyl halides is 5. The number of halogens is 5. The lowest BCUT2D eigenvalue weighted by Gasteiger charge is -2.22. The number of ether oxygens (including phenoxy) is 1. The Morgan fingerprint density at radius 2 is 1.61 bits per heavy atom. The van der Waals surface area contributed by atoms with E-state index in [2.05, 4.69) is 0 Å². The molecule has 1 saturated heterocycles. The Labute approximate surface area is 104 Å². The minimum atomic E-state index is -4.47. The van der Waals surface area contributed by atoms with Crippen molar-refractivity contribution in [3.8, 4) is 0 Å². The van der Waals surface area contributed by atoms with Crippen LogP contribution in [0.15, 0.2) is 24.3 Å². The molecule has 18 heavy (non-hydrogen) atoms. The van der Waals surface area contributed by atoms with E-state index in [9.17, 15) is 22.0 Å². The molecule has 2 rings (SSSR count). The van der Waals surface area contributed by atoms with Crippen LogP contribution < -0.4 is 0 Å². The van der Waals surface area contributed by atoms with E-state index in [-0.39, 0.29) is 12.2 Å². The second-order valence-electron chi connectivity index (χ2n) is 3.91. The lowest BCUT2D eigenvalue weighted by Crippen LogP contribution is -2.31. The Balaban J connectivity index is 2.31. The van der Waals surface area contributed by atoms with Crippen LogP contribution in [0.3, 0.4) is 0 Å². The van der Waals surface area contributed by atoms with Gasteiger partial charge in [0.15, 0.2) is 5.60 Å². The number of benzene rings is 1. The molecule has 1 nitrogen and oxygen atoms in total. The number of hydrogen-bond donors (Lipinski definition) is 0. The first-order valence-corrected chi connectivity index (χ1v) is 6.20. The highest BCUT2D eigenvalue weighted by atomic mass is 32.2. The molecular formula is C11H9F5OS. The monoisotopic (exact) mass is 284 g/mol. The van der Waals surface area contributed by atoms with Crippen LogP contribution in [-0.2, 0) is 16.5 Å². The molecule has 7 heteroatoms. The lowest BCUT2D eigenvalue weighted by atomic mass is 9.99. The van der Waals surface area contributed by atoms with Crippen LogP contribution >= 0.6 is 11.8 Å². The van der Waals surface area contributed by atoms with E-state index in [1.807, 2.05) is 0 Å². The van der Waals surface area contributed by atoms with E-state index in [0.29, 0.717) is 11.8 Å². The second kappa shape index (κ2) is 4.09. The summed E-state index contributed by atoms with van der Waals surface area (Å²) in [6, 6.07) is 3.66. The van der Waals surface area contributed by atoms with Gasteiger partial charge in [0.05, 0.1) is 12.2 Å². The zero-order valence-electron chi connectivity index (χ0n) is 9.22. The Bertz CT molecular complexity index is 436. The average molecular weight is 284 g/mol. The fourth-order valence-corrected chi connectivity index (χ4v) is 2.23. The van der Waals surface area contributed by atoms with Gasteiger partial charge in [-0.2, -0.15) is 22.0 Å². The summed E-state index contributed by atoms with van der Waals surface area (Å²) >= 11 is 0.321. The van der Waals surface area contributed by atoms with Gasteiger partial charge in [0, 0.05) is 0 Å². The topological polar surface area (TPSA) is 12.5 Å². The SMILES string of the molecule is CSC(F)(F)C1(c2ccc(C(F)(F)F)cc2)CO1. The molecule has 1 aliphatic rings. The van der Waals surface area contributed by atoms with Gasteiger partial charge in [-0.1, -0.05) is 23.9 Å². The first-order valence-electron chi connectivity index (χ1n) is 4.98. The van der Waals surface area contributed by atoms with E-state index in [1.165, 1.54) is 6.26 Å². The summed E-state index contributed by atoms with van der Waals surface area (Å²) in [5.41, 5.74) is -2.58. The van der Waals surface area contributed by atoms with Crippen LogP contribution in [0.5, 0.6) is 0 Å². The van der Waals surface area contributed by atoms with Crippen LogP contribution in [0.4, 0.5) is 22.0 Å². The highest BCUT2D eigenvalue weighted by Crippen LogP contribution is 2.55. The van der Waals surface area contributed by atoms with Crippen LogP contribution in [0.2, 0.25) is 0 Å². The predicted molar refractivity (Wildman–Crippen MR) is 57.5 cm³/mol. The molecular weight excluding hydrogens is 275 g/mol. The van der Waals surface area contributed by atoms with Crippen molar-refractivity contribution in [2.45, 2.75) is 17.0 Å². The molecule has 1 heterocycles. The number of rotatable bonds is 3.